The molecule has 0 aliphatic heterocycles. The molecule has 3 rings (SSSR count). The van der Waals surface area contributed by atoms with Gasteiger partial charge in [0.25, 0.3) is 15.9 Å². The molecule has 1 aromatic carbocycles. The van der Waals surface area contributed by atoms with Crippen LogP contribution in [0.5, 0.6) is 0 Å². The van der Waals surface area contributed by atoms with Crippen LogP contribution in [0.1, 0.15) is 9.67 Å². The number of hydrogen-bond donors (Lipinski definition) is 1. The first-order chi connectivity index (χ1) is 11.0. The van der Waals surface area contributed by atoms with Crippen molar-refractivity contribution >= 4 is 54.5 Å². The number of rotatable bonds is 4. The smallest absolute Gasteiger partial charge is 0.267 e. The highest BCUT2D eigenvalue weighted by Crippen LogP contribution is 2.29. The molecule has 118 valence electrons. The number of thiophene rings is 1. The number of carbonyl (C=O) groups is 1. The van der Waals surface area contributed by atoms with E-state index in [1.165, 1.54) is 23.6 Å². The van der Waals surface area contributed by atoms with Gasteiger partial charge in [0.2, 0.25) is 0 Å². The van der Waals surface area contributed by atoms with Crippen LogP contribution in [0.3, 0.4) is 0 Å². The fraction of sp³-hybridized carbons (Fsp3) is 0. The lowest BCUT2D eigenvalue weighted by atomic mass is 10.4. The van der Waals surface area contributed by atoms with E-state index in [4.69, 9.17) is 0 Å². The number of aromatic nitrogens is 1. The van der Waals surface area contributed by atoms with E-state index >= 15 is 0 Å². The maximum Gasteiger partial charge on any atom is 0.276 e. The van der Waals surface area contributed by atoms with Crippen molar-refractivity contribution < 1.29 is 13.2 Å². The monoisotopic (exact) mass is 428 g/mol. The Kier molecular flexibility index (Phi) is 4.62. The van der Waals surface area contributed by atoms with Gasteiger partial charge in [-0.15, -0.1) is 22.7 Å². The molecule has 0 radical (unpaired) electrons. The lowest BCUT2D eigenvalue weighted by Crippen LogP contribution is -2.30. The average Bonchev–Trinajstić information content (AvgIpc) is 3.18. The van der Waals surface area contributed by atoms with E-state index in [0.717, 1.165) is 16.2 Å². The fourth-order valence-electron chi connectivity index (χ4n) is 1.78. The molecule has 2 aromatic heterocycles. The second kappa shape index (κ2) is 6.52. The summed E-state index contributed by atoms with van der Waals surface area (Å²) in [7, 11) is -3.95. The highest BCUT2D eigenvalue weighted by molar-refractivity contribution is 9.10. The molecule has 3 aromatic rings. The van der Waals surface area contributed by atoms with Crippen LogP contribution in [-0.2, 0) is 10.0 Å². The molecule has 0 aliphatic carbocycles. The Morgan fingerprint density at radius 3 is 2.65 bits per heavy atom. The Labute approximate surface area is 149 Å². The van der Waals surface area contributed by atoms with Crippen molar-refractivity contribution in [3.63, 3.8) is 0 Å². The second-order valence-corrected chi connectivity index (χ2v) is 8.86. The van der Waals surface area contributed by atoms with Crippen LogP contribution in [0.4, 0.5) is 0 Å². The van der Waals surface area contributed by atoms with E-state index in [0.29, 0.717) is 9.48 Å². The Morgan fingerprint density at radius 2 is 1.96 bits per heavy atom. The lowest BCUT2D eigenvalue weighted by molar-refractivity contribution is 0.0985. The summed E-state index contributed by atoms with van der Waals surface area (Å²) in [5.41, 5.74) is 0. The molecule has 23 heavy (non-hydrogen) atoms. The number of sulfonamides is 1. The van der Waals surface area contributed by atoms with Gasteiger partial charge in [0, 0.05) is 4.47 Å². The van der Waals surface area contributed by atoms with E-state index in [1.807, 2.05) is 17.5 Å². The normalized spacial score (nSPS) is 11.3. The predicted molar refractivity (Wildman–Crippen MR) is 94.2 cm³/mol. The average molecular weight is 429 g/mol. The SMILES string of the molecule is O=C(NS(=O)(=O)c1ccccc1Br)c1cnc(-c2cccs2)s1. The fourth-order valence-corrected chi connectivity index (χ4v) is 5.43. The van der Waals surface area contributed by atoms with Crippen molar-refractivity contribution in [1.82, 2.24) is 9.71 Å². The van der Waals surface area contributed by atoms with E-state index in [9.17, 15) is 13.2 Å². The van der Waals surface area contributed by atoms with Gasteiger partial charge in [-0.2, -0.15) is 0 Å². The van der Waals surface area contributed by atoms with Crippen LogP contribution < -0.4 is 4.72 Å². The highest BCUT2D eigenvalue weighted by atomic mass is 79.9. The largest absolute Gasteiger partial charge is 0.276 e. The zero-order chi connectivity index (χ0) is 16.4. The molecule has 0 saturated heterocycles. The van der Waals surface area contributed by atoms with Gasteiger partial charge in [-0.3, -0.25) is 4.79 Å². The van der Waals surface area contributed by atoms with Gasteiger partial charge in [0.05, 0.1) is 11.1 Å². The number of carbonyl (C=O) groups excluding carboxylic acids is 1. The molecule has 0 saturated carbocycles. The Bertz CT molecular complexity index is 949. The standard InChI is InChI=1S/C14H9BrN2O3S3/c15-9-4-1-2-6-12(9)23(19,20)17-13(18)11-8-16-14(22-11)10-5-3-7-21-10/h1-8H,(H,17,18). The highest BCUT2D eigenvalue weighted by Gasteiger charge is 2.22. The first kappa shape index (κ1) is 16.3. The molecule has 9 heteroatoms. The number of benzene rings is 1. The van der Waals surface area contributed by atoms with Crippen molar-refractivity contribution in [2.24, 2.45) is 0 Å². The van der Waals surface area contributed by atoms with Gasteiger partial charge in [0.1, 0.15) is 14.8 Å². The third-order valence-corrected chi connectivity index (χ3v) is 7.19. The quantitative estimate of drug-likeness (QED) is 0.686. The van der Waals surface area contributed by atoms with E-state index in [2.05, 4.69) is 25.6 Å². The number of nitrogens with one attached hydrogen (secondary N) is 1. The number of hydrogen-bond acceptors (Lipinski definition) is 6. The summed E-state index contributed by atoms with van der Waals surface area (Å²) in [5, 5.41) is 2.59. The number of halogens is 1. The molecule has 2 heterocycles. The van der Waals surface area contributed by atoms with Gasteiger partial charge < -0.3 is 0 Å². The van der Waals surface area contributed by atoms with Gasteiger partial charge in [0.15, 0.2) is 0 Å². The first-order valence-electron chi connectivity index (χ1n) is 6.29. The van der Waals surface area contributed by atoms with Gasteiger partial charge in [-0.05, 0) is 39.5 Å². The summed E-state index contributed by atoms with van der Waals surface area (Å²) >= 11 is 5.82. The summed E-state index contributed by atoms with van der Waals surface area (Å²) < 4.78 is 27.1. The van der Waals surface area contributed by atoms with Crippen LogP contribution in [0.2, 0.25) is 0 Å². The summed E-state index contributed by atoms with van der Waals surface area (Å²) in [4.78, 5) is 17.5. The van der Waals surface area contributed by atoms with Crippen LogP contribution >= 0.6 is 38.6 Å². The Hall–Kier alpha value is -1.55. The Balaban J connectivity index is 1.83. The zero-order valence-electron chi connectivity index (χ0n) is 11.4. The second-order valence-electron chi connectivity index (χ2n) is 4.37. The van der Waals surface area contributed by atoms with E-state index < -0.39 is 15.9 Å². The molecule has 0 spiro atoms. The zero-order valence-corrected chi connectivity index (χ0v) is 15.4. The summed E-state index contributed by atoms with van der Waals surface area (Å²) in [6.45, 7) is 0. The maximum atomic E-state index is 12.3. The van der Waals surface area contributed by atoms with Crippen molar-refractivity contribution in [3.05, 3.63) is 57.3 Å². The molecule has 1 N–H and O–H groups in total. The van der Waals surface area contributed by atoms with Crippen molar-refractivity contribution in [2.75, 3.05) is 0 Å². The first-order valence-corrected chi connectivity index (χ1v) is 10.3. The van der Waals surface area contributed by atoms with Gasteiger partial charge >= 0.3 is 0 Å². The third kappa shape index (κ3) is 3.52. The van der Waals surface area contributed by atoms with Crippen LogP contribution in [-0.4, -0.2) is 19.3 Å². The van der Waals surface area contributed by atoms with Gasteiger partial charge in [-0.25, -0.2) is 18.1 Å². The molecular weight excluding hydrogens is 420 g/mol. The molecule has 0 fully saturated rings. The summed E-state index contributed by atoms with van der Waals surface area (Å²) in [6, 6.07) is 10.1. The molecule has 5 nitrogen and oxygen atoms in total. The third-order valence-electron chi connectivity index (χ3n) is 2.81. The van der Waals surface area contributed by atoms with E-state index in [1.54, 1.807) is 18.2 Å². The molecular formula is C14H9BrN2O3S3. The molecule has 1 amide bonds. The maximum absolute atomic E-state index is 12.3. The van der Waals surface area contributed by atoms with Crippen molar-refractivity contribution in [1.29, 1.82) is 0 Å². The summed E-state index contributed by atoms with van der Waals surface area (Å²) in [6.07, 6.45) is 1.38. The number of nitrogens with zero attached hydrogens (tertiary/aromatic N) is 1. The lowest BCUT2D eigenvalue weighted by Gasteiger charge is -2.07. The Morgan fingerprint density at radius 1 is 1.17 bits per heavy atom. The van der Waals surface area contributed by atoms with Crippen LogP contribution in [0, 0.1) is 0 Å². The minimum absolute atomic E-state index is 0.0105. The van der Waals surface area contributed by atoms with Crippen molar-refractivity contribution in [2.45, 2.75) is 4.90 Å². The van der Waals surface area contributed by atoms with Gasteiger partial charge in [-0.1, -0.05) is 18.2 Å². The molecule has 0 unspecified atom stereocenters. The molecule has 0 atom stereocenters. The minimum atomic E-state index is -3.95. The minimum Gasteiger partial charge on any atom is -0.267 e. The van der Waals surface area contributed by atoms with Crippen LogP contribution in [0.25, 0.3) is 9.88 Å². The van der Waals surface area contributed by atoms with Crippen molar-refractivity contribution in [3.8, 4) is 9.88 Å². The number of amides is 1. The predicted octanol–water partition coefficient (Wildman–Crippen LogP) is 3.75. The number of thiazole rings is 1. The molecule has 0 bridgehead atoms. The van der Waals surface area contributed by atoms with Crippen LogP contribution in [0.15, 0.2) is 57.3 Å². The molecule has 0 aliphatic rings. The van der Waals surface area contributed by atoms with E-state index in [-0.39, 0.29) is 9.77 Å². The summed E-state index contributed by atoms with van der Waals surface area (Å²) in [5.74, 6) is -0.693. The topological polar surface area (TPSA) is 76.1 Å².